The third-order valence-corrected chi connectivity index (χ3v) is 9.34. The molecule has 0 radical (unpaired) electrons. The van der Waals surface area contributed by atoms with E-state index in [1.807, 2.05) is 0 Å². The summed E-state index contributed by atoms with van der Waals surface area (Å²) in [7, 11) is 1.17. The number of aliphatic carboxylic acids is 1. The summed E-state index contributed by atoms with van der Waals surface area (Å²) in [6.45, 7) is 1.41. The Kier molecular flexibility index (Phi) is 9.05. The van der Waals surface area contributed by atoms with Crippen LogP contribution in [0.1, 0.15) is 17.1 Å². The molecule has 3 atom stereocenters. The second kappa shape index (κ2) is 12.3. The van der Waals surface area contributed by atoms with E-state index >= 15 is 0 Å². The first-order valence-corrected chi connectivity index (χ1v) is 14.6. The number of thiazole rings is 1. The molecular formula is C20H22N8O7S4. The van der Waals surface area contributed by atoms with Gasteiger partial charge in [-0.15, -0.1) is 33.3 Å². The van der Waals surface area contributed by atoms with E-state index in [1.165, 1.54) is 52.3 Å². The molecule has 0 saturated carbocycles. The Labute approximate surface area is 237 Å². The molecule has 4 rings (SSSR count). The number of aromatic nitrogens is 3. The van der Waals surface area contributed by atoms with E-state index in [2.05, 4.69) is 30.4 Å². The number of nitrogen functional groups attached to an aromatic ring is 1. The number of aryl methyl sites for hydroxylation is 1. The number of carboxylic acids is 1. The predicted molar refractivity (Wildman–Crippen MR) is 144 cm³/mol. The minimum atomic E-state index is -1.29. The number of hydrogen-bond acceptors (Lipinski definition) is 16. The van der Waals surface area contributed by atoms with Crippen LogP contribution in [0.5, 0.6) is 0 Å². The van der Waals surface area contributed by atoms with Crippen LogP contribution in [0.15, 0.2) is 26.1 Å². The van der Waals surface area contributed by atoms with Gasteiger partial charge in [0, 0.05) is 16.7 Å². The molecule has 0 aliphatic carbocycles. The van der Waals surface area contributed by atoms with Gasteiger partial charge in [-0.3, -0.25) is 19.3 Å². The molecule has 1 saturated heterocycles. The van der Waals surface area contributed by atoms with Gasteiger partial charge in [0.05, 0.1) is 18.9 Å². The Bertz CT molecular complexity index is 1360. The lowest BCUT2D eigenvalue weighted by molar-refractivity contribution is -0.146. The van der Waals surface area contributed by atoms with Gasteiger partial charge in [-0.25, -0.2) is 9.78 Å². The number of nitrogens with two attached hydrogens (primary N) is 2. The molecule has 0 spiro atoms. The van der Waals surface area contributed by atoms with Gasteiger partial charge in [-0.2, -0.15) is 0 Å². The molecular weight excluding hydrogens is 593 g/mol. The summed E-state index contributed by atoms with van der Waals surface area (Å²) in [6, 6.07) is -1.15. The number of amides is 2. The number of methoxy groups -OCH3 is 1. The smallest absolute Gasteiger partial charge is 0.352 e. The summed E-state index contributed by atoms with van der Waals surface area (Å²) < 4.78 is 5.15. The number of hydrogen-bond donors (Lipinski definition) is 4. The second-order valence-corrected chi connectivity index (χ2v) is 12.5. The first-order chi connectivity index (χ1) is 18.6. The van der Waals surface area contributed by atoms with Crippen molar-refractivity contribution in [3.8, 4) is 0 Å². The van der Waals surface area contributed by atoms with Crippen molar-refractivity contribution >= 4 is 80.8 Å². The van der Waals surface area contributed by atoms with Crippen molar-refractivity contribution in [1.29, 1.82) is 0 Å². The van der Waals surface area contributed by atoms with Gasteiger partial charge >= 0.3 is 11.9 Å². The van der Waals surface area contributed by atoms with Crippen LogP contribution >= 0.6 is 46.2 Å². The van der Waals surface area contributed by atoms with Crippen LogP contribution in [0.3, 0.4) is 0 Å². The molecule has 39 heavy (non-hydrogen) atoms. The average molecular weight is 615 g/mol. The molecule has 2 aromatic rings. The van der Waals surface area contributed by atoms with Gasteiger partial charge in [0.2, 0.25) is 5.91 Å². The lowest BCUT2D eigenvalue weighted by Gasteiger charge is -2.46. The number of thioether (sulfide) groups is 2. The second-order valence-electron chi connectivity index (χ2n) is 7.90. The number of oxime groups is 1. The monoisotopic (exact) mass is 614 g/mol. The quantitative estimate of drug-likeness (QED) is 0.0858. The Morgan fingerprint density at radius 1 is 1.38 bits per heavy atom. The summed E-state index contributed by atoms with van der Waals surface area (Å²) >= 11 is 4.86. The van der Waals surface area contributed by atoms with E-state index in [4.69, 9.17) is 16.3 Å². The molecule has 4 heterocycles. The van der Waals surface area contributed by atoms with Crippen molar-refractivity contribution in [3.63, 3.8) is 0 Å². The van der Waals surface area contributed by atoms with Gasteiger partial charge in [0.15, 0.2) is 15.2 Å². The van der Waals surface area contributed by atoms with Crippen LogP contribution in [0.4, 0.5) is 5.13 Å². The fraction of sp³-hybridized carbons (Fsp3) is 0.400. The molecule has 6 N–H and O–H groups in total. The number of carbonyl (C=O) groups excluding carboxylic acids is 3. The van der Waals surface area contributed by atoms with Crippen LogP contribution in [-0.2, 0) is 28.8 Å². The third kappa shape index (κ3) is 6.49. The summed E-state index contributed by atoms with van der Waals surface area (Å²) in [5, 5.41) is 25.7. The summed E-state index contributed by atoms with van der Waals surface area (Å²) in [5.74, 6) is -2.97. The first-order valence-electron chi connectivity index (χ1n) is 11.0. The number of carbonyl (C=O) groups is 4. The number of nitrogens with one attached hydrogen (secondary N) is 1. The molecule has 2 aliphatic rings. The first kappa shape index (κ1) is 28.7. The summed E-state index contributed by atoms with van der Waals surface area (Å²) in [5.41, 5.74) is 11.3. The van der Waals surface area contributed by atoms with Crippen LogP contribution in [0.2, 0.25) is 0 Å². The maximum absolute atomic E-state index is 13.4. The van der Waals surface area contributed by atoms with Crippen LogP contribution in [-0.4, -0.2) is 90.9 Å². The number of fused-ring (bicyclic) bond motifs is 1. The topological polar surface area (TPSA) is 225 Å². The van der Waals surface area contributed by atoms with Crippen LogP contribution < -0.4 is 16.8 Å². The van der Waals surface area contributed by atoms with Crippen molar-refractivity contribution in [2.45, 2.75) is 34.5 Å². The molecule has 2 aromatic heterocycles. The zero-order valence-corrected chi connectivity index (χ0v) is 23.6. The molecule has 19 heteroatoms. The molecule has 2 unspecified atom stereocenters. The van der Waals surface area contributed by atoms with E-state index in [0.717, 1.165) is 16.3 Å². The van der Waals surface area contributed by atoms with E-state index in [1.54, 1.807) is 6.92 Å². The van der Waals surface area contributed by atoms with Crippen molar-refractivity contribution < 1.29 is 33.9 Å². The molecule has 2 amide bonds. The number of rotatable bonds is 11. The summed E-state index contributed by atoms with van der Waals surface area (Å²) in [4.78, 5) is 60.0. The number of ether oxygens (including phenoxy) is 1. The summed E-state index contributed by atoms with van der Waals surface area (Å²) in [6.07, 6.45) is 0.127. The normalized spacial score (nSPS) is 19.7. The van der Waals surface area contributed by atoms with Gasteiger partial charge in [-0.05, 0) is 6.92 Å². The molecule has 1 fully saturated rings. The highest BCUT2D eigenvalue weighted by atomic mass is 32.2. The van der Waals surface area contributed by atoms with Crippen molar-refractivity contribution in [2.75, 3.05) is 25.2 Å². The van der Waals surface area contributed by atoms with E-state index in [-0.39, 0.29) is 46.9 Å². The minimum Gasteiger partial charge on any atom is -0.477 e. The Hall–Kier alpha value is -3.26. The average Bonchev–Trinajstić information content (AvgIpc) is 3.51. The predicted octanol–water partition coefficient (Wildman–Crippen LogP) is -0.0153. The van der Waals surface area contributed by atoms with Crippen LogP contribution in [0, 0.1) is 6.92 Å². The fourth-order valence-electron chi connectivity index (χ4n) is 3.45. The molecule has 0 bridgehead atoms. The number of nitrogens with zero attached hydrogens (tertiary/aromatic N) is 5. The Morgan fingerprint density at radius 2 is 2.15 bits per heavy atom. The van der Waals surface area contributed by atoms with Crippen molar-refractivity contribution in [2.24, 2.45) is 10.9 Å². The van der Waals surface area contributed by atoms with Gasteiger partial charge < -0.3 is 31.5 Å². The zero-order valence-electron chi connectivity index (χ0n) is 20.4. The maximum Gasteiger partial charge on any atom is 0.352 e. The maximum atomic E-state index is 13.4. The highest BCUT2D eigenvalue weighted by Crippen LogP contribution is 2.44. The molecule has 2 aliphatic heterocycles. The van der Waals surface area contributed by atoms with Crippen LogP contribution in [0.25, 0.3) is 0 Å². The van der Waals surface area contributed by atoms with E-state index in [0.29, 0.717) is 9.91 Å². The number of esters is 1. The largest absolute Gasteiger partial charge is 0.477 e. The van der Waals surface area contributed by atoms with Gasteiger partial charge in [0.25, 0.3) is 5.91 Å². The SMILES string of the molecule is COC(=O)C(N)CO/N=C(\C(=O)NC1S[C@H]2CC(=O)N2C(C(=O)O)=C1CSc1nnc(C)s1)c1csc(N)n1. The minimum absolute atomic E-state index is 0.102. The highest BCUT2D eigenvalue weighted by molar-refractivity contribution is 8.02. The van der Waals surface area contributed by atoms with Gasteiger partial charge in [-0.1, -0.05) is 28.3 Å². The lowest BCUT2D eigenvalue weighted by atomic mass is 10.1. The van der Waals surface area contributed by atoms with Gasteiger partial charge in [0.1, 0.15) is 34.4 Å². The highest BCUT2D eigenvalue weighted by Gasteiger charge is 2.49. The molecule has 15 nitrogen and oxygen atoms in total. The third-order valence-electron chi connectivity index (χ3n) is 5.28. The molecule has 208 valence electrons. The fourth-order valence-corrected chi connectivity index (χ4v) is 7.41. The van der Waals surface area contributed by atoms with Crippen molar-refractivity contribution in [1.82, 2.24) is 25.4 Å². The lowest BCUT2D eigenvalue weighted by Crippen LogP contribution is -2.58. The number of β-lactam (4-membered cyclic amide) rings is 1. The number of carboxylic acid groups (broad SMARTS) is 1. The van der Waals surface area contributed by atoms with Crippen molar-refractivity contribution in [3.05, 3.63) is 27.4 Å². The zero-order chi connectivity index (χ0) is 28.3. The van der Waals surface area contributed by atoms with E-state index < -0.39 is 34.6 Å². The molecule has 0 aromatic carbocycles. The standard InChI is InChI=1S/C20H22N8O7S4/c1-7-25-26-20(38-7)37-5-8-14(17(31)32)28-11(29)3-12(28)39-16(8)24-15(30)13(10-6-36-19(22)23-10)27-35-4-9(21)18(33)34-2/h6,9,12,16H,3-5,21H2,1-2H3,(H2,22,23)(H,24,30)(H,31,32)/b27-13-/t9?,12-,16?/m0/s1. The van der Waals surface area contributed by atoms with E-state index in [9.17, 15) is 24.3 Å². The Morgan fingerprint density at radius 3 is 2.74 bits per heavy atom. The number of anilines is 1. The Balaban J connectivity index is 1.61.